The van der Waals surface area contributed by atoms with Gasteiger partial charge in [-0.2, -0.15) is 10.5 Å². The topological polar surface area (TPSA) is 84.5 Å². The van der Waals surface area contributed by atoms with Gasteiger partial charge in [0.1, 0.15) is 23.0 Å². The number of nitrogens with zero attached hydrogens (tertiary/aromatic N) is 2. The standard InChI is InChI=1S/C38H52N2O4/c1-9-14-16-28(11-3)25-43-36-18-27(6)35(41-7)20-31(36)19-32(24-40)34-22-38(44-26-29(12-4)17-15-10-2)33(21-37(34)42-8)30(13-5)23-39/h13,18-22,28-29H,9-12,14-17,25-26H2,1-8H3/b30-13+,32-19+. The second kappa shape index (κ2) is 19.4. The molecule has 0 aromatic heterocycles. The predicted molar refractivity (Wildman–Crippen MR) is 181 cm³/mol. The lowest BCUT2D eigenvalue weighted by Gasteiger charge is -2.20. The van der Waals surface area contributed by atoms with Crippen molar-refractivity contribution >= 4 is 17.2 Å². The molecule has 0 radical (unpaired) electrons. The van der Waals surface area contributed by atoms with Crippen molar-refractivity contribution in [2.45, 2.75) is 92.9 Å². The van der Waals surface area contributed by atoms with Crippen molar-refractivity contribution in [3.8, 4) is 35.1 Å². The molecule has 2 aromatic carbocycles. The summed E-state index contributed by atoms with van der Waals surface area (Å²) in [5.41, 5.74) is 3.83. The van der Waals surface area contributed by atoms with Crippen LogP contribution in [0.4, 0.5) is 0 Å². The molecule has 0 saturated heterocycles. The maximum Gasteiger partial charge on any atom is 0.128 e. The van der Waals surface area contributed by atoms with E-state index in [1.54, 1.807) is 26.4 Å². The van der Waals surface area contributed by atoms with E-state index >= 15 is 0 Å². The first-order valence-corrected chi connectivity index (χ1v) is 16.2. The monoisotopic (exact) mass is 600 g/mol. The molecule has 6 heteroatoms. The third-order valence-corrected chi connectivity index (χ3v) is 8.27. The minimum atomic E-state index is 0.393. The Labute approximate surface area is 266 Å². The molecular weight excluding hydrogens is 548 g/mol. The Bertz CT molecular complexity index is 1350. The van der Waals surface area contributed by atoms with Gasteiger partial charge in [-0.05, 0) is 74.4 Å². The molecule has 0 aliphatic rings. The van der Waals surface area contributed by atoms with Gasteiger partial charge in [0, 0.05) is 16.7 Å². The van der Waals surface area contributed by atoms with Crippen LogP contribution in [-0.2, 0) is 0 Å². The van der Waals surface area contributed by atoms with E-state index in [1.807, 2.05) is 38.1 Å². The number of allylic oxidation sites excluding steroid dienone is 3. The summed E-state index contributed by atoms with van der Waals surface area (Å²) in [5.74, 6) is 3.34. The van der Waals surface area contributed by atoms with Gasteiger partial charge >= 0.3 is 0 Å². The van der Waals surface area contributed by atoms with Crippen LogP contribution in [0.25, 0.3) is 17.2 Å². The molecule has 0 heterocycles. The summed E-state index contributed by atoms with van der Waals surface area (Å²) < 4.78 is 24.2. The summed E-state index contributed by atoms with van der Waals surface area (Å²) in [7, 11) is 3.21. The minimum Gasteiger partial charge on any atom is -0.496 e. The molecule has 0 amide bonds. The highest BCUT2D eigenvalue weighted by molar-refractivity contribution is 5.94. The molecule has 2 unspecified atom stereocenters. The third-order valence-electron chi connectivity index (χ3n) is 8.27. The van der Waals surface area contributed by atoms with Crippen molar-refractivity contribution in [3.63, 3.8) is 0 Å². The fourth-order valence-corrected chi connectivity index (χ4v) is 5.22. The quantitative estimate of drug-likeness (QED) is 0.118. The van der Waals surface area contributed by atoms with Crippen LogP contribution in [0, 0.1) is 41.4 Å². The summed E-state index contributed by atoms with van der Waals surface area (Å²) in [6, 6.07) is 12.2. The first-order chi connectivity index (χ1) is 21.3. The molecule has 0 saturated carbocycles. The van der Waals surface area contributed by atoms with Crippen LogP contribution in [0.3, 0.4) is 0 Å². The zero-order valence-electron chi connectivity index (χ0n) is 28.2. The second-order valence-corrected chi connectivity index (χ2v) is 11.3. The van der Waals surface area contributed by atoms with Gasteiger partial charge < -0.3 is 18.9 Å². The Morgan fingerprint density at radius 1 is 0.727 bits per heavy atom. The third kappa shape index (κ3) is 10.1. The number of methoxy groups -OCH3 is 2. The molecule has 2 rings (SSSR count). The van der Waals surface area contributed by atoms with Crippen LogP contribution in [0.15, 0.2) is 30.3 Å². The lowest BCUT2D eigenvalue weighted by Crippen LogP contribution is -2.12. The fourth-order valence-electron chi connectivity index (χ4n) is 5.22. The number of aryl methyl sites for hydroxylation is 1. The summed E-state index contributed by atoms with van der Waals surface area (Å²) in [6.45, 7) is 13.7. The minimum absolute atomic E-state index is 0.393. The largest absolute Gasteiger partial charge is 0.496 e. The van der Waals surface area contributed by atoms with Gasteiger partial charge in [0.05, 0.1) is 50.7 Å². The zero-order chi connectivity index (χ0) is 32.5. The highest BCUT2D eigenvalue weighted by atomic mass is 16.5. The Morgan fingerprint density at radius 3 is 1.73 bits per heavy atom. The number of rotatable bonds is 19. The number of ether oxygens (including phenoxy) is 4. The average Bonchev–Trinajstić information content (AvgIpc) is 3.05. The maximum absolute atomic E-state index is 10.5. The second-order valence-electron chi connectivity index (χ2n) is 11.3. The number of benzene rings is 2. The van der Waals surface area contributed by atoms with E-state index in [-0.39, 0.29) is 0 Å². The van der Waals surface area contributed by atoms with Crippen molar-refractivity contribution in [3.05, 3.63) is 52.6 Å². The normalized spacial score (nSPS) is 13.0. The van der Waals surface area contributed by atoms with Crippen molar-refractivity contribution in [2.75, 3.05) is 27.4 Å². The van der Waals surface area contributed by atoms with Gasteiger partial charge in [-0.3, -0.25) is 0 Å². The van der Waals surface area contributed by atoms with E-state index < -0.39 is 0 Å². The highest BCUT2D eigenvalue weighted by Gasteiger charge is 2.20. The molecule has 6 nitrogen and oxygen atoms in total. The molecule has 0 N–H and O–H groups in total. The Kier molecular flexibility index (Phi) is 16.0. The van der Waals surface area contributed by atoms with E-state index in [1.165, 1.54) is 6.42 Å². The molecule has 2 aromatic rings. The van der Waals surface area contributed by atoms with Crippen molar-refractivity contribution < 1.29 is 18.9 Å². The lowest BCUT2D eigenvalue weighted by atomic mass is 9.96. The molecule has 44 heavy (non-hydrogen) atoms. The van der Waals surface area contributed by atoms with E-state index in [4.69, 9.17) is 18.9 Å². The number of nitriles is 2. The van der Waals surface area contributed by atoms with Crippen LogP contribution < -0.4 is 18.9 Å². The van der Waals surface area contributed by atoms with Crippen molar-refractivity contribution in [1.29, 1.82) is 10.5 Å². The van der Waals surface area contributed by atoms with Gasteiger partial charge in [-0.25, -0.2) is 0 Å². The Morgan fingerprint density at radius 2 is 1.25 bits per heavy atom. The van der Waals surface area contributed by atoms with E-state index in [0.29, 0.717) is 64.6 Å². The number of hydrogen-bond donors (Lipinski definition) is 0. The molecular formula is C38H52N2O4. The van der Waals surface area contributed by atoms with Crippen LogP contribution in [0.1, 0.15) is 108 Å². The van der Waals surface area contributed by atoms with Gasteiger partial charge in [0.15, 0.2) is 0 Å². The average molecular weight is 601 g/mol. The molecule has 0 fully saturated rings. The molecule has 0 bridgehead atoms. The van der Waals surface area contributed by atoms with Crippen LogP contribution in [0.2, 0.25) is 0 Å². The van der Waals surface area contributed by atoms with Gasteiger partial charge in [-0.15, -0.1) is 0 Å². The van der Waals surface area contributed by atoms with Crippen LogP contribution in [-0.4, -0.2) is 27.4 Å². The summed E-state index contributed by atoms with van der Waals surface area (Å²) >= 11 is 0. The number of unbranched alkanes of at least 4 members (excludes halogenated alkanes) is 2. The summed E-state index contributed by atoms with van der Waals surface area (Å²) in [6.07, 6.45) is 12.5. The summed E-state index contributed by atoms with van der Waals surface area (Å²) in [4.78, 5) is 0. The molecule has 0 aliphatic heterocycles. The first kappa shape index (κ1) is 36.3. The fraction of sp³-hybridized carbons (Fsp3) is 0.526. The molecule has 238 valence electrons. The Balaban J connectivity index is 2.66. The van der Waals surface area contributed by atoms with Crippen molar-refractivity contribution in [1.82, 2.24) is 0 Å². The number of hydrogen-bond acceptors (Lipinski definition) is 6. The van der Waals surface area contributed by atoms with Crippen LogP contribution >= 0.6 is 0 Å². The smallest absolute Gasteiger partial charge is 0.128 e. The van der Waals surface area contributed by atoms with E-state index in [9.17, 15) is 10.5 Å². The molecule has 0 aliphatic carbocycles. The van der Waals surface area contributed by atoms with E-state index in [2.05, 4.69) is 39.8 Å². The zero-order valence-corrected chi connectivity index (χ0v) is 28.2. The van der Waals surface area contributed by atoms with Gasteiger partial charge in [0.25, 0.3) is 0 Å². The van der Waals surface area contributed by atoms with Crippen molar-refractivity contribution in [2.24, 2.45) is 11.8 Å². The van der Waals surface area contributed by atoms with Gasteiger partial charge in [0.2, 0.25) is 0 Å². The van der Waals surface area contributed by atoms with Crippen LogP contribution in [0.5, 0.6) is 23.0 Å². The SMILES string of the molecule is C/C=C(\C#N)c1cc(OC)c(/C(C#N)=C/c2cc(OC)c(C)cc2OCC(CC)CCCC)cc1OCC(CC)CCCC. The first-order valence-electron chi connectivity index (χ1n) is 16.2. The maximum atomic E-state index is 10.5. The molecule has 0 spiro atoms. The Hall–Kier alpha value is -3.90. The van der Waals surface area contributed by atoms with Gasteiger partial charge in [-0.1, -0.05) is 72.3 Å². The highest BCUT2D eigenvalue weighted by Crippen LogP contribution is 2.39. The predicted octanol–water partition coefficient (Wildman–Crippen LogP) is 10.2. The lowest BCUT2D eigenvalue weighted by molar-refractivity contribution is 0.232. The summed E-state index contributed by atoms with van der Waals surface area (Å²) in [5, 5.41) is 20.3. The molecule has 2 atom stereocenters. The van der Waals surface area contributed by atoms with E-state index in [0.717, 1.165) is 61.8 Å².